The molecule has 3 N–H and O–H groups in total. The Morgan fingerprint density at radius 3 is 2.56 bits per heavy atom. The van der Waals surface area contributed by atoms with Crippen LogP contribution in [0.3, 0.4) is 0 Å². The number of carbonyl (C=O) groups is 1. The highest BCUT2D eigenvalue weighted by Crippen LogP contribution is 2.23. The van der Waals surface area contributed by atoms with E-state index in [1.807, 2.05) is 43.5 Å². The molecule has 94 valence electrons. The van der Waals surface area contributed by atoms with Gasteiger partial charge in [-0.15, -0.1) is 11.3 Å². The third-order valence-electron chi connectivity index (χ3n) is 2.73. The van der Waals surface area contributed by atoms with Crippen molar-refractivity contribution in [2.45, 2.75) is 20.3 Å². The number of nitrogens with one attached hydrogen (secondary N) is 1. The quantitative estimate of drug-likeness (QED) is 0.833. The maximum absolute atomic E-state index is 11.9. The highest BCUT2D eigenvalue weighted by Gasteiger charge is 2.09. The van der Waals surface area contributed by atoms with Gasteiger partial charge in [-0.3, -0.25) is 4.79 Å². The molecule has 2 aromatic rings. The predicted molar refractivity (Wildman–Crippen MR) is 77.0 cm³/mol. The molecule has 0 saturated carbocycles. The van der Waals surface area contributed by atoms with Crippen molar-refractivity contribution in [1.29, 1.82) is 0 Å². The minimum atomic E-state index is 0.00780. The fourth-order valence-corrected chi connectivity index (χ4v) is 2.65. The van der Waals surface area contributed by atoms with Crippen molar-refractivity contribution < 1.29 is 4.79 Å². The standard InChI is InChI=1S/C14H16N2OS/c1-9-6-11(15)7-10(2)14(9)16-13(17)8-12-4-3-5-18-12/h3-7H,8,15H2,1-2H3,(H,16,17). The Labute approximate surface area is 111 Å². The van der Waals surface area contributed by atoms with Gasteiger partial charge in [-0.2, -0.15) is 0 Å². The van der Waals surface area contributed by atoms with Crippen molar-refractivity contribution in [3.05, 3.63) is 45.6 Å². The molecule has 1 heterocycles. The molecule has 0 unspecified atom stereocenters. The van der Waals surface area contributed by atoms with Crippen molar-refractivity contribution in [2.24, 2.45) is 0 Å². The van der Waals surface area contributed by atoms with E-state index in [4.69, 9.17) is 5.73 Å². The minimum absolute atomic E-state index is 0.00780. The SMILES string of the molecule is Cc1cc(N)cc(C)c1NC(=O)Cc1cccs1. The second-order valence-corrected chi connectivity index (χ2v) is 5.37. The summed E-state index contributed by atoms with van der Waals surface area (Å²) in [6.45, 7) is 3.90. The lowest BCUT2D eigenvalue weighted by molar-refractivity contribution is -0.115. The number of benzene rings is 1. The first-order valence-electron chi connectivity index (χ1n) is 5.75. The van der Waals surface area contributed by atoms with Gasteiger partial charge in [0.1, 0.15) is 0 Å². The lowest BCUT2D eigenvalue weighted by Gasteiger charge is -2.12. The first-order chi connectivity index (χ1) is 8.56. The van der Waals surface area contributed by atoms with Crippen LogP contribution in [0.1, 0.15) is 16.0 Å². The number of anilines is 2. The van der Waals surface area contributed by atoms with E-state index < -0.39 is 0 Å². The third kappa shape index (κ3) is 2.90. The number of carbonyl (C=O) groups excluding carboxylic acids is 1. The number of aryl methyl sites for hydroxylation is 2. The van der Waals surface area contributed by atoms with Gasteiger partial charge in [-0.05, 0) is 48.6 Å². The summed E-state index contributed by atoms with van der Waals surface area (Å²) in [5.41, 5.74) is 9.33. The maximum atomic E-state index is 11.9. The Balaban J connectivity index is 2.12. The number of rotatable bonds is 3. The van der Waals surface area contributed by atoms with Crippen LogP contribution in [0.4, 0.5) is 11.4 Å². The number of nitrogen functional groups attached to an aromatic ring is 1. The van der Waals surface area contributed by atoms with Gasteiger partial charge >= 0.3 is 0 Å². The van der Waals surface area contributed by atoms with Crippen molar-refractivity contribution in [2.75, 3.05) is 11.1 Å². The van der Waals surface area contributed by atoms with Crippen molar-refractivity contribution in [3.8, 4) is 0 Å². The van der Waals surface area contributed by atoms with E-state index in [1.165, 1.54) is 0 Å². The van der Waals surface area contributed by atoms with Crippen LogP contribution in [0.25, 0.3) is 0 Å². The normalized spacial score (nSPS) is 10.3. The van der Waals surface area contributed by atoms with Gasteiger partial charge in [-0.25, -0.2) is 0 Å². The van der Waals surface area contributed by atoms with Gasteiger partial charge in [0.15, 0.2) is 0 Å². The van der Waals surface area contributed by atoms with Crippen LogP contribution >= 0.6 is 11.3 Å². The van der Waals surface area contributed by atoms with E-state index in [-0.39, 0.29) is 5.91 Å². The second kappa shape index (κ2) is 5.23. The van der Waals surface area contributed by atoms with E-state index >= 15 is 0 Å². The molecule has 1 aromatic carbocycles. The lowest BCUT2D eigenvalue weighted by Crippen LogP contribution is -2.15. The van der Waals surface area contributed by atoms with Crippen LogP contribution in [-0.4, -0.2) is 5.91 Å². The summed E-state index contributed by atoms with van der Waals surface area (Å²) in [5, 5.41) is 4.93. The summed E-state index contributed by atoms with van der Waals surface area (Å²) >= 11 is 1.59. The zero-order valence-corrected chi connectivity index (χ0v) is 11.3. The molecule has 4 heteroatoms. The van der Waals surface area contributed by atoms with E-state index in [0.29, 0.717) is 6.42 Å². The van der Waals surface area contributed by atoms with Gasteiger partial charge in [0.05, 0.1) is 6.42 Å². The largest absolute Gasteiger partial charge is 0.399 e. The van der Waals surface area contributed by atoms with Crippen LogP contribution < -0.4 is 11.1 Å². The Bertz CT molecular complexity index is 538. The van der Waals surface area contributed by atoms with Gasteiger partial charge in [0.25, 0.3) is 0 Å². The zero-order valence-electron chi connectivity index (χ0n) is 10.5. The van der Waals surface area contributed by atoms with Gasteiger partial charge in [-0.1, -0.05) is 6.07 Å². The molecule has 2 rings (SSSR count). The monoisotopic (exact) mass is 260 g/mol. The predicted octanol–water partition coefficient (Wildman–Crippen LogP) is 3.13. The van der Waals surface area contributed by atoms with Crippen LogP contribution in [0.2, 0.25) is 0 Å². The maximum Gasteiger partial charge on any atom is 0.229 e. The average Bonchev–Trinajstić information content (AvgIpc) is 2.76. The molecule has 0 spiro atoms. The molecule has 0 aliphatic carbocycles. The summed E-state index contributed by atoms with van der Waals surface area (Å²) < 4.78 is 0. The molecule has 3 nitrogen and oxygen atoms in total. The Kier molecular flexibility index (Phi) is 3.67. The molecule has 0 fully saturated rings. The van der Waals surface area contributed by atoms with Gasteiger partial charge in [0, 0.05) is 16.3 Å². The zero-order chi connectivity index (χ0) is 13.1. The Morgan fingerprint density at radius 2 is 2.00 bits per heavy atom. The summed E-state index contributed by atoms with van der Waals surface area (Å²) in [6.07, 6.45) is 0.418. The molecule has 0 bridgehead atoms. The van der Waals surface area contributed by atoms with Crippen molar-refractivity contribution in [1.82, 2.24) is 0 Å². The smallest absolute Gasteiger partial charge is 0.229 e. The first kappa shape index (κ1) is 12.6. The molecule has 0 radical (unpaired) electrons. The fourth-order valence-electron chi connectivity index (χ4n) is 1.95. The summed E-state index contributed by atoms with van der Waals surface area (Å²) in [7, 11) is 0. The second-order valence-electron chi connectivity index (χ2n) is 4.33. The van der Waals surface area contributed by atoms with E-state index in [1.54, 1.807) is 11.3 Å². The average molecular weight is 260 g/mol. The van der Waals surface area contributed by atoms with Crippen LogP contribution in [0.15, 0.2) is 29.6 Å². The topological polar surface area (TPSA) is 55.1 Å². The van der Waals surface area contributed by atoms with Crippen molar-refractivity contribution in [3.63, 3.8) is 0 Å². The van der Waals surface area contributed by atoms with Crippen LogP contribution in [0, 0.1) is 13.8 Å². The Morgan fingerprint density at radius 1 is 1.33 bits per heavy atom. The number of nitrogens with two attached hydrogens (primary N) is 1. The van der Waals surface area contributed by atoms with E-state index in [2.05, 4.69) is 5.32 Å². The minimum Gasteiger partial charge on any atom is -0.399 e. The highest BCUT2D eigenvalue weighted by molar-refractivity contribution is 7.10. The molecule has 0 aliphatic heterocycles. The third-order valence-corrected chi connectivity index (χ3v) is 3.61. The molecular weight excluding hydrogens is 244 g/mol. The van der Waals surface area contributed by atoms with Crippen LogP contribution in [-0.2, 0) is 11.2 Å². The first-order valence-corrected chi connectivity index (χ1v) is 6.63. The lowest BCUT2D eigenvalue weighted by atomic mass is 10.1. The van der Waals surface area contributed by atoms with Gasteiger partial charge in [0.2, 0.25) is 5.91 Å². The highest BCUT2D eigenvalue weighted by atomic mass is 32.1. The number of thiophene rings is 1. The summed E-state index contributed by atoms with van der Waals surface area (Å²) in [4.78, 5) is 13.0. The molecule has 1 amide bonds. The molecular formula is C14H16N2OS. The fraction of sp³-hybridized carbons (Fsp3) is 0.214. The molecule has 18 heavy (non-hydrogen) atoms. The number of hydrogen-bond acceptors (Lipinski definition) is 3. The summed E-state index contributed by atoms with van der Waals surface area (Å²) in [6, 6.07) is 7.65. The number of hydrogen-bond donors (Lipinski definition) is 2. The molecule has 0 saturated heterocycles. The van der Waals surface area contributed by atoms with E-state index in [9.17, 15) is 4.79 Å². The molecule has 0 atom stereocenters. The van der Waals surface area contributed by atoms with E-state index in [0.717, 1.165) is 27.4 Å². The van der Waals surface area contributed by atoms with Crippen molar-refractivity contribution >= 4 is 28.6 Å². The number of amides is 1. The molecule has 0 aliphatic rings. The van der Waals surface area contributed by atoms with Gasteiger partial charge < -0.3 is 11.1 Å². The molecule has 1 aromatic heterocycles. The van der Waals surface area contributed by atoms with Crippen LogP contribution in [0.5, 0.6) is 0 Å². The summed E-state index contributed by atoms with van der Waals surface area (Å²) in [5.74, 6) is 0.00780. The Hall–Kier alpha value is -1.81.